The minimum Gasteiger partial charge on any atom is -0.309 e. The summed E-state index contributed by atoms with van der Waals surface area (Å²) in [5.41, 5.74) is 15.1. The molecule has 322 valence electrons. The molecule has 0 spiro atoms. The summed E-state index contributed by atoms with van der Waals surface area (Å²) in [6, 6.07) is 86.1. The number of benzene rings is 10. The third kappa shape index (κ3) is 6.02. The molecule has 69 heavy (non-hydrogen) atoms. The van der Waals surface area contributed by atoms with Gasteiger partial charge < -0.3 is 13.7 Å². The normalized spacial score (nSPS) is 11.8. The number of hydrogen-bond donors (Lipinski definition) is 0. The van der Waals surface area contributed by atoms with Crippen LogP contribution in [-0.4, -0.2) is 28.7 Å². The number of aromatic nitrogens is 6. The molecule has 0 atom stereocenters. The van der Waals surface area contributed by atoms with Gasteiger partial charge in [0.2, 0.25) is 0 Å². The molecule has 6 heteroatoms. The minimum atomic E-state index is 0.596. The highest BCUT2D eigenvalue weighted by molar-refractivity contribution is 6.22. The number of fused-ring (bicyclic) bond motifs is 9. The number of nitrogens with zero attached hydrogens (tertiary/aromatic N) is 6. The van der Waals surface area contributed by atoms with Crippen molar-refractivity contribution in [3.05, 3.63) is 243 Å². The van der Waals surface area contributed by atoms with E-state index in [1.807, 2.05) is 18.2 Å². The van der Waals surface area contributed by atoms with Gasteiger partial charge in [-0.2, -0.15) is 0 Å². The van der Waals surface area contributed by atoms with E-state index >= 15 is 0 Å². The van der Waals surface area contributed by atoms with Crippen LogP contribution in [0, 0.1) is 0 Å². The standard InChI is InChI=1S/C63H40N6/c1-4-21-41(22-5-1)61-64-62(66-63(65-61)50-33-20-39-56-60(50)47-28-11-15-35-52(47)68(56)43-25-8-3-9-26-43)49-30-13-17-37-54(49)69-53-36-16-12-29-48(53)59-45(32-19-40-57(59)69)44-31-18-38-55-58(44)46-27-10-14-34-51(46)67(55)42-23-6-2-7-24-42/h1-40H. The van der Waals surface area contributed by atoms with E-state index in [9.17, 15) is 0 Å². The summed E-state index contributed by atoms with van der Waals surface area (Å²) in [6.07, 6.45) is 0. The predicted octanol–water partition coefficient (Wildman–Crippen LogP) is 15.8. The topological polar surface area (TPSA) is 53.5 Å². The monoisotopic (exact) mass is 880 g/mol. The van der Waals surface area contributed by atoms with Crippen molar-refractivity contribution in [1.29, 1.82) is 0 Å². The Morgan fingerprint density at radius 1 is 0.232 bits per heavy atom. The van der Waals surface area contributed by atoms with Crippen LogP contribution in [0.2, 0.25) is 0 Å². The van der Waals surface area contributed by atoms with E-state index < -0.39 is 0 Å². The fourth-order valence-electron chi connectivity index (χ4n) is 10.9. The second-order valence-corrected chi connectivity index (χ2v) is 17.5. The molecule has 0 aliphatic rings. The van der Waals surface area contributed by atoms with Crippen LogP contribution in [0.5, 0.6) is 0 Å². The molecule has 4 heterocycles. The summed E-state index contributed by atoms with van der Waals surface area (Å²) < 4.78 is 7.13. The Hall–Kier alpha value is -9.39. The zero-order valence-electron chi connectivity index (χ0n) is 37.3. The quantitative estimate of drug-likeness (QED) is 0.160. The Morgan fingerprint density at radius 2 is 0.580 bits per heavy atom. The van der Waals surface area contributed by atoms with Crippen molar-refractivity contribution in [2.75, 3.05) is 0 Å². The van der Waals surface area contributed by atoms with Gasteiger partial charge in [0.15, 0.2) is 17.5 Å². The van der Waals surface area contributed by atoms with Crippen LogP contribution in [0.3, 0.4) is 0 Å². The van der Waals surface area contributed by atoms with Gasteiger partial charge >= 0.3 is 0 Å². The van der Waals surface area contributed by atoms with Crippen molar-refractivity contribution < 1.29 is 0 Å². The molecule has 4 aromatic heterocycles. The highest BCUT2D eigenvalue weighted by atomic mass is 15.1. The molecule has 0 saturated heterocycles. The highest BCUT2D eigenvalue weighted by Gasteiger charge is 2.24. The first kappa shape index (κ1) is 38.8. The zero-order valence-corrected chi connectivity index (χ0v) is 37.3. The van der Waals surface area contributed by atoms with Gasteiger partial charge in [0.25, 0.3) is 0 Å². The third-order valence-electron chi connectivity index (χ3n) is 13.7. The van der Waals surface area contributed by atoms with E-state index in [1.54, 1.807) is 0 Å². The van der Waals surface area contributed by atoms with Crippen LogP contribution < -0.4 is 0 Å². The second-order valence-electron chi connectivity index (χ2n) is 17.5. The maximum Gasteiger partial charge on any atom is 0.166 e. The van der Waals surface area contributed by atoms with E-state index in [-0.39, 0.29) is 0 Å². The van der Waals surface area contributed by atoms with E-state index in [0.29, 0.717) is 17.5 Å². The van der Waals surface area contributed by atoms with Crippen molar-refractivity contribution in [1.82, 2.24) is 28.7 Å². The number of para-hydroxylation sites is 6. The summed E-state index contributed by atoms with van der Waals surface area (Å²) in [4.78, 5) is 16.1. The van der Waals surface area contributed by atoms with Crippen molar-refractivity contribution >= 4 is 65.4 Å². The molecule has 0 bridgehead atoms. The van der Waals surface area contributed by atoms with Crippen LogP contribution in [0.15, 0.2) is 243 Å². The maximum atomic E-state index is 5.48. The zero-order chi connectivity index (χ0) is 45.4. The lowest BCUT2D eigenvalue weighted by Gasteiger charge is -2.15. The molecule has 6 nitrogen and oxygen atoms in total. The molecule has 0 unspecified atom stereocenters. The molecule has 14 rings (SSSR count). The molecule has 14 aromatic rings. The Bertz CT molecular complexity index is 4300. The lowest BCUT2D eigenvalue weighted by molar-refractivity contribution is 1.07. The summed E-state index contributed by atoms with van der Waals surface area (Å²) in [6.45, 7) is 0. The first-order valence-corrected chi connectivity index (χ1v) is 23.4. The van der Waals surface area contributed by atoms with Gasteiger partial charge in [0.1, 0.15) is 0 Å². The molecule has 10 aromatic carbocycles. The van der Waals surface area contributed by atoms with Crippen LogP contribution >= 0.6 is 0 Å². The molecular formula is C63H40N6. The summed E-state index contributed by atoms with van der Waals surface area (Å²) >= 11 is 0. The van der Waals surface area contributed by atoms with Crippen molar-refractivity contribution in [3.63, 3.8) is 0 Å². The van der Waals surface area contributed by atoms with E-state index in [0.717, 1.165) is 66.6 Å². The van der Waals surface area contributed by atoms with Crippen LogP contribution in [-0.2, 0) is 0 Å². The molecule has 0 N–H and O–H groups in total. The van der Waals surface area contributed by atoms with E-state index in [1.165, 1.54) is 43.7 Å². The molecule has 0 aliphatic heterocycles. The second kappa shape index (κ2) is 15.6. The molecule has 0 aliphatic carbocycles. The molecule has 0 fully saturated rings. The predicted molar refractivity (Wildman–Crippen MR) is 285 cm³/mol. The van der Waals surface area contributed by atoms with Gasteiger partial charge in [0.05, 0.1) is 38.8 Å². The van der Waals surface area contributed by atoms with E-state index in [2.05, 4.69) is 238 Å². The Kier molecular flexibility index (Phi) is 8.79. The van der Waals surface area contributed by atoms with Gasteiger partial charge in [-0.1, -0.05) is 170 Å². The number of rotatable bonds is 7. The van der Waals surface area contributed by atoms with Crippen LogP contribution in [0.4, 0.5) is 0 Å². The van der Waals surface area contributed by atoms with Crippen molar-refractivity contribution in [2.45, 2.75) is 0 Å². The first-order valence-electron chi connectivity index (χ1n) is 23.4. The Morgan fingerprint density at radius 3 is 1.12 bits per heavy atom. The lowest BCUT2D eigenvalue weighted by Crippen LogP contribution is -2.03. The van der Waals surface area contributed by atoms with Gasteiger partial charge in [-0.25, -0.2) is 15.0 Å². The lowest BCUT2D eigenvalue weighted by atomic mass is 9.95. The van der Waals surface area contributed by atoms with E-state index in [4.69, 9.17) is 15.0 Å². The summed E-state index contributed by atoms with van der Waals surface area (Å²) in [5.74, 6) is 1.82. The molecule has 0 saturated carbocycles. The average Bonchev–Trinajstić information content (AvgIpc) is 4.08. The van der Waals surface area contributed by atoms with Gasteiger partial charge in [-0.15, -0.1) is 0 Å². The summed E-state index contributed by atoms with van der Waals surface area (Å²) in [7, 11) is 0. The largest absolute Gasteiger partial charge is 0.309 e. The van der Waals surface area contributed by atoms with Crippen molar-refractivity contribution in [2.24, 2.45) is 0 Å². The maximum absolute atomic E-state index is 5.48. The smallest absolute Gasteiger partial charge is 0.166 e. The average molecular weight is 881 g/mol. The fraction of sp³-hybridized carbons (Fsp3) is 0. The third-order valence-corrected chi connectivity index (χ3v) is 13.7. The summed E-state index contributed by atoms with van der Waals surface area (Å²) in [5, 5.41) is 7.04. The number of hydrogen-bond acceptors (Lipinski definition) is 3. The Labute approximate surface area is 397 Å². The molecule has 0 radical (unpaired) electrons. The Balaban J connectivity index is 1.01. The van der Waals surface area contributed by atoms with Gasteiger partial charge in [-0.3, -0.25) is 0 Å². The SMILES string of the molecule is c1ccc(-c2nc(-c3ccccc3-n3c4ccccc4c4c(-c5cccc6c5c5ccccc5n6-c5ccccc5)cccc43)nc(-c3cccc4c3c3ccccc3n4-c3ccccc3)n2)cc1. The van der Waals surface area contributed by atoms with Gasteiger partial charge in [-0.05, 0) is 83.9 Å². The minimum absolute atomic E-state index is 0.596. The van der Waals surface area contributed by atoms with Crippen molar-refractivity contribution in [3.8, 4) is 62.4 Å². The van der Waals surface area contributed by atoms with Crippen LogP contribution in [0.25, 0.3) is 128 Å². The highest BCUT2D eigenvalue weighted by Crippen LogP contribution is 2.45. The molecule has 0 amide bonds. The van der Waals surface area contributed by atoms with Gasteiger partial charge in [0, 0.05) is 60.4 Å². The molecular weight excluding hydrogens is 841 g/mol. The fourth-order valence-corrected chi connectivity index (χ4v) is 10.9. The first-order chi connectivity index (χ1) is 34.3. The van der Waals surface area contributed by atoms with Crippen LogP contribution in [0.1, 0.15) is 0 Å².